The summed E-state index contributed by atoms with van der Waals surface area (Å²) in [6.45, 7) is 0.704. The summed E-state index contributed by atoms with van der Waals surface area (Å²) in [5.41, 5.74) is 2.09. The van der Waals surface area contributed by atoms with Crippen LogP contribution in [0.1, 0.15) is 11.1 Å². The molecule has 0 fully saturated rings. The Morgan fingerprint density at radius 1 is 1.56 bits per heavy atom. The quantitative estimate of drug-likeness (QED) is 0.633. The zero-order valence-electron chi connectivity index (χ0n) is 8.50. The Morgan fingerprint density at radius 3 is 3.12 bits per heavy atom. The predicted molar refractivity (Wildman–Crippen MR) is 68.1 cm³/mol. The monoisotopic (exact) mass is 300 g/mol. The zero-order valence-corrected chi connectivity index (χ0v) is 10.8. The number of carbonyl (C=O) groups excluding carboxylic acids is 1. The highest BCUT2D eigenvalue weighted by Gasteiger charge is 2.15. The third kappa shape index (κ3) is 2.47. The van der Waals surface area contributed by atoms with E-state index < -0.39 is 0 Å². The SMILES string of the molecule is O=C(/C=C/c1cc(Br)cc2c1OCC2)CCl. The van der Waals surface area contributed by atoms with Gasteiger partial charge in [-0.25, -0.2) is 0 Å². The average molecular weight is 302 g/mol. The molecule has 0 aliphatic carbocycles. The van der Waals surface area contributed by atoms with Crippen LogP contribution in [0.5, 0.6) is 5.75 Å². The molecule has 1 aromatic carbocycles. The molecule has 16 heavy (non-hydrogen) atoms. The standard InChI is InChI=1S/C12H10BrClO2/c13-10-5-8(1-2-11(15)7-14)12-9(6-10)3-4-16-12/h1-2,5-6H,3-4,7H2/b2-1+. The summed E-state index contributed by atoms with van der Waals surface area (Å²) < 4.78 is 6.53. The number of hydrogen-bond acceptors (Lipinski definition) is 2. The lowest BCUT2D eigenvalue weighted by molar-refractivity contribution is -0.112. The molecular formula is C12H10BrClO2. The molecule has 0 unspecified atom stereocenters. The van der Waals surface area contributed by atoms with Crippen molar-refractivity contribution in [3.8, 4) is 5.75 Å². The van der Waals surface area contributed by atoms with Gasteiger partial charge in [-0.2, -0.15) is 0 Å². The molecule has 84 valence electrons. The van der Waals surface area contributed by atoms with E-state index in [0.717, 1.165) is 22.2 Å². The molecule has 0 amide bonds. The van der Waals surface area contributed by atoms with Gasteiger partial charge in [-0.05, 0) is 29.8 Å². The van der Waals surface area contributed by atoms with Gasteiger partial charge in [-0.1, -0.05) is 15.9 Å². The molecule has 0 N–H and O–H groups in total. The second kappa shape index (κ2) is 5.02. The van der Waals surface area contributed by atoms with Crippen molar-refractivity contribution >= 4 is 39.4 Å². The molecule has 0 radical (unpaired) electrons. The Kier molecular flexibility index (Phi) is 3.66. The number of carbonyl (C=O) groups is 1. The Balaban J connectivity index is 2.34. The first-order chi connectivity index (χ1) is 7.70. The van der Waals surface area contributed by atoms with Crippen molar-refractivity contribution in [3.05, 3.63) is 33.8 Å². The topological polar surface area (TPSA) is 26.3 Å². The molecule has 2 nitrogen and oxygen atoms in total. The van der Waals surface area contributed by atoms with Crippen LogP contribution in [0.2, 0.25) is 0 Å². The molecule has 1 heterocycles. The first-order valence-electron chi connectivity index (χ1n) is 4.93. The largest absolute Gasteiger partial charge is 0.492 e. The van der Waals surface area contributed by atoms with Gasteiger partial charge in [0.05, 0.1) is 12.5 Å². The van der Waals surface area contributed by atoms with Gasteiger partial charge >= 0.3 is 0 Å². The summed E-state index contributed by atoms with van der Waals surface area (Å²) in [4.78, 5) is 11.1. The van der Waals surface area contributed by atoms with E-state index in [1.165, 1.54) is 11.6 Å². The maximum absolute atomic E-state index is 11.1. The highest BCUT2D eigenvalue weighted by molar-refractivity contribution is 9.10. The van der Waals surface area contributed by atoms with Gasteiger partial charge < -0.3 is 4.74 Å². The van der Waals surface area contributed by atoms with Crippen LogP contribution in [0.4, 0.5) is 0 Å². The molecule has 1 aliphatic rings. The van der Waals surface area contributed by atoms with Crippen LogP contribution in [0, 0.1) is 0 Å². The molecule has 1 aromatic rings. The number of allylic oxidation sites excluding steroid dienone is 1. The van der Waals surface area contributed by atoms with Crippen LogP contribution in [-0.2, 0) is 11.2 Å². The number of alkyl halides is 1. The smallest absolute Gasteiger partial charge is 0.170 e. The lowest BCUT2D eigenvalue weighted by Crippen LogP contribution is -1.93. The number of rotatable bonds is 3. The third-order valence-electron chi connectivity index (χ3n) is 2.36. The van der Waals surface area contributed by atoms with E-state index in [1.54, 1.807) is 6.08 Å². The van der Waals surface area contributed by atoms with E-state index in [2.05, 4.69) is 15.9 Å². The molecule has 0 saturated carbocycles. The van der Waals surface area contributed by atoms with Gasteiger partial charge in [-0.3, -0.25) is 4.79 Å². The van der Waals surface area contributed by atoms with Crippen molar-refractivity contribution in [2.75, 3.05) is 12.5 Å². The van der Waals surface area contributed by atoms with Crippen molar-refractivity contribution in [1.29, 1.82) is 0 Å². The zero-order chi connectivity index (χ0) is 11.5. The number of benzene rings is 1. The first-order valence-corrected chi connectivity index (χ1v) is 6.25. The highest BCUT2D eigenvalue weighted by Crippen LogP contribution is 2.33. The fraction of sp³-hybridized carbons (Fsp3) is 0.250. The van der Waals surface area contributed by atoms with Crippen molar-refractivity contribution < 1.29 is 9.53 Å². The van der Waals surface area contributed by atoms with E-state index in [0.29, 0.717) is 6.61 Å². The van der Waals surface area contributed by atoms with Gasteiger partial charge in [0.2, 0.25) is 0 Å². The van der Waals surface area contributed by atoms with Crippen molar-refractivity contribution in [2.45, 2.75) is 6.42 Å². The summed E-state index contributed by atoms with van der Waals surface area (Å²) in [6.07, 6.45) is 4.15. The number of ether oxygens (including phenoxy) is 1. The fourth-order valence-corrected chi connectivity index (χ4v) is 2.26. The van der Waals surface area contributed by atoms with Gasteiger partial charge in [0, 0.05) is 16.5 Å². The number of fused-ring (bicyclic) bond motifs is 1. The molecule has 0 aromatic heterocycles. The second-order valence-corrected chi connectivity index (χ2v) is 4.70. The van der Waals surface area contributed by atoms with E-state index in [4.69, 9.17) is 16.3 Å². The predicted octanol–water partition coefficient (Wildman–Crippen LogP) is 3.21. The van der Waals surface area contributed by atoms with Crippen LogP contribution in [0.3, 0.4) is 0 Å². The maximum atomic E-state index is 11.1. The summed E-state index contributed by atoms with van der Waals surface area (Å²) in [7, 11) is 0. The lowest BCUT2D eigenvalue weighted by atomic mass is 10.1. The minimum absolute atomic E-state index is 0.00749. The molecular weight excluding hydrogens is 291 g/mol. The molecule has 1 aliphatic heterocycles. The Labute approximate surface area is 107 Å². The molecule has 0 bridgehead atoms. The van der Waals surface area contributed by atoms with Crippen LogP contribution < -0.4 is 4.74 Å². The van der Waals surface area contributed by atoms with Crippen molar-refractivity contribution in [2.24, 2.45) is 0 Å². The van der Waals surface area contributed by atoms with Crippen molar-refractivity contribution in [3.63, 3.8) is 0 Å². The molecule has 0 spiro atoms. The van der Waals surface area contributed by atoms with Crippen molar-refractivity contribution in [1.82, 2.24) is 0 Å². The van der Waals surface area contributed by atoms with E-state index in [1.807, 2.05) is 12.1 Å². The molecule has 0 saturated heterocycles. The summed E-state index contributed by atoms with van der Waals surface area (Å²) >= 11 is 8.86. The van der Waals surface area contributed by atoms with E-state index >= 15 is 0 Å². The Bertz CT molecular complexity index is 455. The third-order valence-corrected chi connectivity index (χ3v) is 3.08. The number of halogens is 2. The summed E-state index contributed by atoms with van der Waals surface area (Å²) in [5.74, 6) is 0.781. The van der Waals surface area contributed by atoms with Gasteiger partial charge in [0.15, 0.2) is 5.78 Å². The first kappa shape index (κ1) is 11.7. The van der Waals surface area contributed by atoms with E-state index in [-0.39, 0.29) is 11.7 Å². The van der Waals surface area contributed by atoms with Crippen LogP contribution in [-0.4, -0.2) is 18.3 Å². The number of hydrogen-bond donors (Lipinski definition) is 0. The van der Waals surface area contributed by atoms with E-state index in [9.17, 15) is 4.79 Å². The number of ketones is 1. The molecule has 2 rings (SSSR count). The minimum Gasteiger partial charge on any atom is -0.492 e. The minimum atomic E-state index is -0.103. The normalized spacial score (nSPS) is 13.9. The molecule has 4 heteroatoms. The van der Waals surface area contributed by atoms with Crippen LogP contribution in [0.15, 0.2) is 22.7 Å². The second-order valence-electron chi connectivity index (χ2n) is 3.52. The van der Waals surface area contributed by atoms with Gasteiger partial charge in [-0.15, -0.1) is 11.6 Å². The van der Waals surface area contributed by atoms with Crippen LogP contribution in [0.25, 0.3) is 6.08 Å². The summed E-state index contributed by atoms with van der Waals surface area (Å²) in [5, 5.41) is 0. The average Bonchev–Trinajstić information content (AvgIpc) is 2.73. The Morgan fingerprint density at radius 2 is 2.38 bits per heavy atom. The van der Waals surface area contributed by atoms with Gasteiger partial charge in [0.1, 0.15) is 5.75 Å². The maximum Gasteiger partial charge on any atom is 0.170 e. The highest BCUT2D eigenvalue weighted by atomic mass is 79.9. The molecule has 0 atom stereocenters. The van der Waals surface area contributed by atoms with Crippen LogP contribution >= 0.6 is 27.5 Å². The Hall–Kier alpha value is -0.800. The van der Waals surface area contributed by atoms with Gasteiger partial charge in [0.25, 0.3) is 0 Å². The summed E-state index contributed by atoms with van der Waals surface area (Å²) in [6, 6.07) is 3.98. The lowest BCUT2D eigenvalue weighted by Gasteiger charge is -2.04. The fourth-order valence-electron chi connectivity index (χ4n) is 1.65.